The zero-order chi connectivity index (χ0) is 19.8. The number of hydrogen-bond donors (Lipinski definition) is 1. The summed E-state index contributed by atoms with van der Waals surface area (Å²) in [6, 6.07) is 8.61. The number of ether oxygens (including phenoxy) is 4. The van der Waals surface area contributed by atoms with E-state index in [1.54, 1.807) is 18.2 Å². The minimum atomic E-state index is -0.746. The molecule has 9 heteroatoms. The molecule has 2 aromatic rings. The standard InChI is InChI=1S/C18H17BrFNO6/c1-24-13-6-12(7-14(8-13)25-2)21-17(22)9-27-18(23)10-26-16-4-3-11(20)5-15(16)19/h3-8H,9-10H2,1-2H3,(H,21,22). The zero-order valence-corrected chi connectivity index (χ0v) is 16.2. The highest BCUT2D eigenvalue weighted by Crippen LogP contribution is 2.26. The third kappa shape index (κ3) is 6.45. The van der Waals surface area contributed by atoms with Crippen molar-refractivity contribution in [1.82, 2.24) is 0 Å². The second-order valence-electron chi connectivity index (χ2n) is 5.17. The van der Waals surface area contributed by atoms with Gasteiger partial charge in [-0.25, -0.2) is 9.18 Å². The molecule has 0 aliphatic rings. The highest BCUT2D eigenvalue weighted by atomic mass is 79.9. The monoisotopic (exact) mass is 441 g/mol. The molecule has 1 amide bonds. The van der Waals surface area contributed by atoms with Gasteiger partial charge in [0.15, 0.2) is 13.2 Å². The lowest BCUT2D eigenvalue weighted by molar-refractivity contribution is -0.149. The maximum atomic E-state index is 13.0. The van der Waals surface area contributed by atoms with Gasteiger partial charge in [0.25, 0.3) is 5.91 Å². The summed E-state index contributed by atoms with van der Waals surface area (Å²) >= 11 is 3.12. The largest absolute Gasteiger partial charge is 0.497 e. The first kappa shape index (κ1) is 20.5. The van der Waals surface area contributed by atoms with Gasteiger partial charge in [0.05, 0.1) is 18.7 Å². The maximum absolute atomic E-state index is 13.0. The molecule has 0 saturated carbocycles. The Balaban J connectivity index is 1.82. The maximum Gasteiger partial charge on any atom is 0.344 e. The van der Waals surface area contributed by atoms with E-state index in [1.807, 2.05) is 0 Å². The fourth-order valence-corrected chi connectivity index (χ4v) is 2.46. The van der Waals surface area contributed by atoms with E-state index in [0.29, 0.717) is 21.7 Å². The number of carbonyl (C=O) groups is 2. The molecule has 0 fully saturated rings. The van der Waals surface area contributed by atoms with Gasteiger partial charge < -0.3 is 24.3 Å². The smallest absolute Gasteiger partial charge is 0.344 e. The van der Waals surface area contributed by atoms with Crippen LogP contribution < -0.4 is 19.5 Å². The molecule has 27 heavy (non-hydrogen) atoms. The lowest BCUT2D eigenvalue weighted by Crippen LogP contribution is -2.23. The molecule has 0 aliphatic carbocycles. The van der Waals surface area contributed by atoms with E-state index in [-0.39, 0.29) is 5.75 Å². The second kappa shape index (κ2) is 9.77. The number of anilines is 1. The number of rotatable bonds is 8. The minimum Gasteiger partial charge on any atom is -0.497 e. The molecular weight excluding hydrogens is 425 g/mol. The molecule has 0 spiro atoms. The molecule has 0 aliphatic heterocycles. The van der Waals surface area contributed by atoms with Crippen LogP contribution in [-0.4, -0.2) is 39.3 Å². The Morgan fingerprint density at radius 3 is 2.30 bits per heavy atom. The van der Waals surface area contributed by atoms with Crippen molar-refractivity contribution in [1.29, 1.82) is 0 Å². The number of benzene rings is 2. The van der Waals surface area contributed by atoms with Crippen LogP contribution in [0.5, 0.6) is 17.2 Å². The average molecular weight is 442 g/mol. The zero-order valence-electron chi connectivity index (χ0n) is 14.6. The van der Waals surface area contributed by atoms with E-state index in [4.69, 9.17) is 18.9 Å². The lowest BCUT2D eigenvalue weighted by Gasteiger charge is -2.11. The number of amides is 1. The molecule has 144 valence electrons. The number of hydrogen-bond acceptors (Lipinski definition) is 6. The fourth-order valence-electron chi connectivity index (χ4n) is 1.99. The van der Waals surface area contributed by atoms with E-state index in [0.717, 1.165) is 0 Å². The van der Waals surface area contributed by atoms with Gasteiger partial charge in [0.2, 0.25) is 0 Å². The quantitative estimate of drug-likeness (QED) is 0.633. The average Bonchev–Trinajstić information content (AvgIpc) is 2.65. The lowest BCUT2D eigenvalue weighted by atomic mass is 10.2. The topological polar surface area (TPSA) is 83.1 Å². The van der Waals surface area contributed by atoms with Gasteiger partial charge in [-0.2, -0.15) is 0 Å². The minimum absolute atomic E-state index is 0.279. The van der Waals surface area contributed by atoms with Crippen molar-refractivity contribution in [3.63, 3.8) is 0 Å². The van der Waals surface area contributed by atoms with Gasteiger partial charge in [-0.1, -0.05) is 0 Å². The fraction of sp³-hybridized carbons (Fsp3) is 0.222. The van der Waals surface area contributed by atoms with E-state index in [1.165, 1.54) is 32.4 Å². The van der Waals surface area contributed by atoms with Gasteiger partial charge in [0, 0.05) is 23.9 Å². The molecule has 2 aromatic carbocycles. The first-order valence-corrected chi connectivity index (χ1v) is 8.47. The van der Waals surface area contributed by atoms with E-state index >= 15 is 0 Å². The molecule has 0 bridgehead atoms. The summed E-state index contributed by atoms with van der Waals surface area (Å²) < 4.78 is 33.6. The summed E-state index contributed by atoms with van der Waals surface area (Å²) in [5, 5.41) is 2.57. The Morgan fingerprint density at radius 2 is 1.70 bits per heavy atom. The number of methoxy groups -OCH3 is 2. The van der Waals surface area contributed by atoms with Crippen molar-refractivity contribution in [3.8, 4) is 17.2 Å². The van der Waals surface area contributed by atoms with E-state index < -0.39 is 30.9 Å². The highest BCUT2D eigenvalue weighted by molar-refractivity contribution is 9.10. The third-order valence-corrected chi connectivity index (χ3v) is 3.86. The Bertz CT molecular complexity index is 807. The molecule has 0 unspecified atom stereocenters. The highest BCUT2D eigenvalue weighted by Gasteiger charge is 2.11. The summed E-state index contributed by atoms with van der Waals surface area (Å²) in [6.07, 6.45) is 0. The van der Waals surface area contributed by atoms with Crippen LogP contribution in [0.4, 0.5) is 10.1 Å². The van der Waals surface area contributed by atoms with Crippen LogP contribution in [-0.2, 0) is 14.3 Å². The molecule has 0 aromatic heterocycles. The second-order valence-corrected chi connectivity index (χ2v) is 6.03. The summed E-state index contributed by atoms with van der Waals surface area (Å²) in [5.74, 6) is -0.449. The van der Waals surface area contributed by atoms with Gasteiger partial charge in [0.1, 0.15) is 23.1 Å². The van der Waals surface area contributed by atoms with Crippen molar-refractivity contribution in [2.45, 2.75) is 0 Å². The summed E-state index contributed by atoms with van der Waals surface area (Å²) in [6.45, 7) is -0.920. The van der Waals surface area contributed by atoms with Crippen LogP contribution in [0.2, 0.25) is 0 Å². The van der Waals surface area contributed by atoms with Crippen LogP contribution >= 0.6 is 15.9 Å². The van der Waals surface area contributed by atoms with Crippen LogP contribution in [0.15, 0.2) is 40.9 Å². The first-order chi connectivity index (χ1) is 12.9. The Morgan fingerprint density at radius 1 is 1.04 bits per heavy atom. The molecule has 0 saturated heterocycles. The first-order valence-electron chi connectivity index (χ1n) is 7.67. The number of halogens is 2. The predicted octanol–water partition coefficient (Wildman–Crippen LogP) is 3.17. The summed E-state index contributed by atoms with van der Waals surface area (Å²) in [7, 11) is 2.98. The van der Waals surface area contributed by atoms with Crippen molar-refractivity contribution in [2.75, 3.05) is 32.8 Å². The summed E-state index contributed by atoms with van der Waals surface area (Å²) in [4.78, 5) is 23.6. The van der Waals surface area contributed by atoms with Crippen molar-refractivity contribution >= 4 is 33.5 Å². The van der Waals surface area contributed by atoms with Crippen LogP contribution in [0, 0.1) is 5.82 Å². The summed E-state index contributed by atoms with van der Waals surface area (Å²) in [5.41, 5.74) is 0.429. The molecule has 0 radical (unpaired) electrons. The van der Waals surface area contributed by atoms with Crippen molar-refractivity contribution in [3.05, 3.63) is 46.7 Å². The molecule has 0 heterocycles. The van der Waals surface area contributed by atoms with E-state index in [2.05, 4.69) is 21.2 Å². The van der Waals surface area contributed by atoms with Crippen molar-refractivity contribution < 1.29 is 32.9 Å². The Kier molecular flexibility index (Phi) is 7.42. The third-order valence-electron chi connectivity index (χ3n) is 3.24. The predicted molar refractivity (Wildman–Crippen MR) is 98.7 cm³/mol. The van der Waals surface area contributed by atoms with Gasteiger partial charge in [-0.3, -0.25) is 4.79 Å². The Labute approximate surface area is 163 Å². The van der Waals surface area contributed by atoms with Crippen LogP contribution in [0.25, 0.3) is 0 Å². The van der Waals surface area contributed by atoms with Crippen LogP contribution in [0.1, 0.15) is 0 Å². The molecule has 1 N–H and O–H groups in total. The van der Waals surface area contributed by atoms with Crippen LogP contribution in [0.3, 0.4) is 0 Å². The number of esters is 1. The normalized spacial score (nSPS) is 10.1. The molecule has 7 nitrogen and oxygen atoms in total. The SMILES string of the molecule is COc1cc(NC(=O)COC(=O)COc2ccc(F)cc2Br)cc(OC)c1. The molecular formula is C18H17BrFNO6. The molecule has 0 atom stereocenters. The van der Waals surface area contributed by atoms with Gasteiger partial charge in [-0.15, -0.1) is 0 Å². The number of carbonyl (C=O) groups excluding carboxylic acids is 2. The van der Waals surface area contributed by atoms with Gasteiger partial charge >= 0.3 is 5.97 Å². The Hall–Kier alpha value is -2.81. The van der Waals surface area contributed by atoms with E-state index in [9.17, 15) is 14.0 Å². The molecule has 2 rings (SSSR count). The number of nitrogens with one attached hydrogen (secondary N) is 1. The van der Waals surface area contributed by atoms with Crippen molar-refractivity contribution in [2.24, 2.45) is 0 Å². The van der Waals surface area contributed by atoms with Gasteiger partial charge in [-0.05, 0) is 34.1 Å².